The number of pyridine rings is 1. The molecule has 0 atom stereocenters. The van der Waals surface area contributed by atoms with Crippen LogP contribution in [-0.2, 0) is 0 Å². The molecule has 0 radical (unpaired) electrons. The summed E-state index contributed by atoms with van der Waals surface area (Å²) in [7, 11) is 3.93. The van der Waals surface area contributed by atoms with Crippen LogP contribution in [0.5, 0.6) is 0 Å². The van der Waals surface area contributed by atoms with E-state index in [1.807, 2.05) is 43.3 Å². The van der Waals surface area contributed by atoms with Gasteiger partial charge in [-0.2, -0.15) is 0 Å². The van der Waals surface area contributed by atoms with Crippen molar-refractivity contribution >= 4 is 22.4 Å². The molecular formula is C11H13N3. The molecule has 0 aliphatic carbocycles. The Morgan fingerprint density at radius 1 is 1.21 bits per heavy atom. The highest BCUT2D eigenvalue weighted by Crippen LogP contribution is 2.24. The Morgan fingerprint density at radius 2 is 1.93 bits per heavy atom. The molecule has 1 aromatic heterocycles. The third-order valence-corrected chi connectivity index (χ3v) is 2.16. The summed E-state index contributed by atoms with van der Waals surface area (Å²) in [5.74, 6) is 1.48. The Kier molecular flexibility index (Phi) is 2.00. The largest absolute Gasteiger partial charge is 0.384 e. The van der Waals surface area contributed by atoms with Gasteiger partial charge in [0.25, 0.3) is 0 Å². The normalized spacial score (nSPS) is 10.4. The summed E-state index contributed by atoms with van der Waals surface area (Å²) in [6, 6.07) is 9.99. The second-order valence-electron chi connectivity index (χ2n) is 3.49. The van der Waals surface area contributed by atoms with E-state index in [0.29, 0.717) is 5.82 Å². The first-order chi connectivity index (χ1) is 6.68. The van der Waals surface area contributed by atoms with Gasteiger partial charge in [0, 0.05) is 19.5 Å². The van der Waals surface area contributed by atoms with Crippen LogP contribution in [-0.4, -0.2) is 19.1 Å². The average molecular weight is 187 g/mol. The summed E-state index contributed by atoms with van der Waals surface area (Å²) in [6.45, 7) is 0. The molecule has 2 aromatic rings. The molecule has 3 heteroatoms. The van der Waals surface area contributed by atoms with Crippen LogP contribution in [0.3, 0.4) is 0 Å². The zero-order chi connectivity index (χ0) is 10.1. The SMILES string of the molecule is CN(C)c1nc(N)cc2ccccc12. The molecule has 0 unspecified atom stereocenters. The van der Waals surface area contributed by atoms with E-state index in [2.05, 4.69) is 11.1 Å². The minimum Gasteiger partial charge on any atom is -0.384 e. The number of fused-ring (bicyclic) bond motifs is 1. The highest BCUT2D eigenvalue weighted by molar-refractivity contribution is 5.93. The minimum absolute atomic E-state index is 0.562. The van der Waals surface area contributed by atoms with Crippen molar-refractivity contribution in [3.63, 3.8) is 0 Å². The predicted octanol–water partition coefficient (Wildman–Crippen LogP) is 1.88. The zero-order valence-corrected chi connectivity index (χ0v) is 8.36. The van der Waals surface area contributed by atoms with E-state index in [1.54, 1.807) is 0 Å². The van der Waals surface area contributed by atoms with Crippen LogP contribution in [0.15, 0.2) is 30.3 Å². The maximum atomic E-state index is 5.72. The predicted molar refractivity (Wildman–Crippen MR) is 60.5 cm³/mol. The number of nitrogens with zero attached hydrogens (tertiary/aromatic N) is 2. The lowest BCUT2D eigenvalue weighted by Crippen LogP contribution is -2.12. The van der Waals surface area contributed by atoms with E-state index < -0.39 is 0 Å². The summed E-state index contributed by atoms with van der Waals surface area (Å²) < 4.78 is 0. The topological polar surface area (TPSA) is 42.2 Å². The number of hydrogen-bond acceptors (Lipinski definition) is 3. The van der Waals surface area contributed by atoms with E-state index in [-0.39, 0.29) is 0 Å². The van der Waals surface area contributed by atoms with Gasteiger partial charge in [-0.1, -0.05) is 24.3 Å². The maximum Gasteiger partial charge on any atom is 0.138 e. The minimum atomic E-state index is 0.562. The van der Waals surface area contributed by atoms with E-state index in [0.717, 1.165) is 16.6 Å². The molecule has 1 aromatic carbocycles. The second kappa shape index (κ2) is 3.18. The summed E-state index contributed by atoms with van der Waals surface area (Å²) in [4.78, 5) is 6.28. The van der Waals surface area contributed by atoms with Crippen molar-refractivity contribution in [3.05, 3.63) is 30.3 Å². The number of rotatable bonds is 1. The van der Waals surface area contributed by atoms with Crippen molar-refractivity contribution in [2.75, 3.05) is 24.7 Å². The molecule has 2 N–H and O–H groups in total. The summed E-state index contributed by atoms with van der Waals surface area (Å²) in [5, 5.41) is 2.26. The molecule has 0 saturated carbocycles. The first-order valence-corrected chi connectivity index (χ1v) is 4.51. The Balaban J connectivity index is 2.80. The molecule has 0 amide bonds. The Morgan fingerprint density at radius 3 is 2.64 bits per heavy atom. The van der Waals surface area contributed by atoms with Crippen LogP contribution < -0.4 is 10.6 Å². The van der Waals surface area contributed by atoms with Gasteiger partial charge in [0.1, 0.15) is 11.6 Å². The molecule has 0 saturated heterocycles. The molecule has 3 nitrogen and oxygen atoms in total. The van der Waals surface area contributed by atoms with Crippen LogP contribution >= 0.6 is 0 Å². The van der Waals surface area contributed by atoms with Gasteiger partial charge < -0.3 is 10.6 Å². The smallest absolute Gasteiger partial charge is 0.138 e. The first-order valence-electron chi connectivity index (χ1n) is 4.51. The van der Waals surface area contributed by atoms with Gasteiger partial charge in [0.2, 0.25) is 0 Å². The van der Waals surface area contributed by atoms with Crippen LogP contribution in [0, 0.1) is 0 Å². The number of benzene rings is 1. The zero-order valence-electron chi connectivity index (χ0n) is 8.36. The molecule has 2 rings (SSSR count). The van der Waals surface area contributed by atoms with Crippen molar-refractivity contribution in [3.8, 4) is 0 Å². The van der Waals surface area contributed by atoms with Gasteiger partial charge in [-0.15, -0.1) is 0 Å². The third kappa shape index (κ3) is 1.37. The fourth-order valence-corrected chi connectivity index (χ4v) is 1.54. The molecule has 0 spiro atoms. The fourth-order valence-electron chi connectivity index (χ4n) is 1.54. The van der Waals surface area contributed by atoms with E-state index in [9.17, 15) is 0 Å². The lowest BCUT2D eigenvalue weighted by atomic mass is 10.1. The molecule has 0 aliphatic rings. The van der Waals surface area contributed by atoms with Gasteiger partial charge in [-0.05, 0) is 11.5 Å². The number of anilines is 2. The standard InChI is InChI=1S/C11H13N3/c1-14(2)11-9-6-4-3-5-8(9)7-10(12)13-11/h3-7H,1-2H3,(H2,12,13). The van der Waals surface area contributed by atoms with Gasteiger partial charge in [0.05, 0.1) is 0 Å². The van der Waals surface area contributed by atoms with Crippen molar-refractivity contribution in [1.82, 2.24) is 4.98 Å². The Hall–Kier alpha value is -1.77. The highest BCUT2D eigenvalue weighted by atomic mass is 15.1. The highest BCUT2D eigenvalue weighted by Gasteiger charge is 2.04. The second-order valence-corrected chi connectivity index (χ2v) is 3.49. The van der Waals surface area contributed by atoms with Gasteiger partial charge >= 0.3 is 0 Å². The van der Waals surface area contributed by atoms with Gasteiger partial charge in [-0.25, -0.2) is 4.98 Å². The fraction of sp³-hybridized carbons (Fsp3) is 0.182. The number of nitrogen functional groups attached to an aromatic ring is 1. The first kappa shape index (κ1) is 8.81. The van der Waals surface area contributed by atoms with Gasteiger partial charge in [0.15, 0.2) is 0 Å². The monoisotopic (exact) mass is 187 g/mol. The molecule has 1 heterocycles. The summed E-state index contributed by atoms with van der Waals surface area (Å²) in [6.07, 6.45) is 0. The maximum absolute atomic E-state index is 5.72. The van der Waals surface area contributed by atoms with Crippen molar-refractivity contribution in [1.29, 1.82) is 0 Å². The molecule has 72 valence electrons. The Labute approximate surface area is 83.2 Å². The van der Waals surface area contributed by atoms with E-state index in [4.69, 9.17) is 5.73 Å². The van der Waals surface area contributed by atoms with Crippen molar-refractivity contribution in [2.24, 2.45) is 0 Å². The van der Waals surface area contributed by atoms with Crippen LogP contribution in [0.2, 0.25) is 0 Å². The van der Waals surface area contributed by atoms with E-state index >= 15 is 0 Å². The van der Waals surface area contributed by atoms with Crippen LogP contribution in [0.25, 0.3) is 10.8 Å². The van der Waals surface area contributed by atoms with Gasteiger partial charge in [-0.3, -0.25) is 0 Å². The number of hydrogen-bond donors (Lipinski definition) is 1. The molecule has 14 heavy (non-hydrogen) atoms. The third-order valence-electron chi connectivity index (χ3n) is 2.16. The van der Waals surface area contributed by atoms with E-state index in [1.165, 1.54) is 0 Å². The summed E-state index contributed by atoms with van der Waals surface area (Å²) in [5.41, 5.74) is 5.72. The van der Waals surface area contributed by atoms with Crippen molar-refractivity contribution in [2.45, 2.75) is 0 Å². The Bertz CT molecular complexity index is 463. The van der Waals surface area contributed by atoms with Crippen LogP contribution in [0.1, 0.15) is 0 Å². The van der Waals surface area contributed by atoms with Crippen molar-refractivity contribution < 1.29 is 0 Å². The molecule has 0 fully saturated rings. The molecular weight excluding hydrogens is 174 g/mol. The lowest BCUT2D eigenvalue weighted by molar-refractivity contribution is 1.09. The molecule has 0 bridgehead atoms. The summed E-state index contributed by atoms with van der Waals surface area (Å²) >= 11 is 0. The number of nitrogens with two attached hydrogens (primary N) is 1. The quantitative estimate of drug-likeness (QED) is 0.741. The number of aromatic nitrogens is 1. The average Bonchev–Trinajstić information content (AvgIpc) is 2.16. The lowest BCUT2D eigenvalue weighted by Gasteiger charge is -2.14. The van der Waals surface area contributed by atoms with Crippen LogP contribution in [0.4, 0.5) is 11.6 Å². The molecule has 0 aliphatic heterocycles.